The van der Waals surface area contributed by atoms with Crippen LogP contribution in [-0.4, -0.2) is 14.1 Å². The molecule has 1 aromatic carbocycles. The van der Waals surface area contributed by atoms with E-state index in [9.17, 15) is 0 Å². The molecule has 0 unspecified atom stereocenters. The van der Waals surface area contributed by atoms with Gasteiger partial charge in [0.05, 0.1) is 0 Å². The van der Waals surface area contributed by atoms with Crippen LogP contribution in [0.1, 0.15) is 5.56 Å². The van der Waals surface area contributed by atoms with Gasteiger partial charge in [0.15, 0.2) is 0 Å². The minimum atomic E-state index is 1.11. The lowest BCUT2D eigenvalue weighted by Gasteiger charge is -2.11. The first-order chi connectivity index (χ1) is 6.24. The van der Waals surface area contributed by atoms with E-state index in [0.717, 1.165) is 5.56 Å². The van der Waals surface area contributed by atoms with Crippen molar-refractivity contribution in [3.8, 4) is 0 Å². The van der Waals surface area contributed by atoms with Crippen molar-refractivity contribution in [2.75, 3.05) is 19.0 Å². The van der Waals surface area contributed by atoms with E-state index in [-0.39, 0.29) is 0 Å². The Morgan fingerprint density at radius 3 is 2.31 bits per heavy atom. The van der Waals surface area contributed by atoms with E-state index in [1.165, 1.54) is 5.69 Å². The van der Waals surface area contributed by atoms with E-state index in [1.807, 2.05) is 32.3 Å². The lowest BCUT2D eigenvalue weighted by Crippen LogP contribution is -2.07. The predicted molar refractivity (Wildman–Crippen MR) is 57.9 cm³/mol. The summed E-state index contributed by atoms with van der Waals surface area (Å²) in [6.45, 7) is 3.45. The Morgan fingerprint density at radius 2 is 1.85 bits per heavy atom. The molecule has 0 N–H and O–H groups in total. The number of hydrogen-bond donors (Lipinski definition) is 0. The lowest BCUT2D eigenvalue weighted by atomic mass is 10.2. The molecule has 1 aromatic rings. The van der Waals surface area contributed by atoms with E-state index in [2.05, 4.69) is 35.1 Å². The van der Waals surface area contributed by atoms with E-state index in [1.54, 1.807) is 0 Å². The molecule has 0 aromatic heterocycles. The Labute approximate surface area is 79.3 Å². The van der Waals surface area contributed by atoms with Gasteiger partial charge in [-0.05, 0) is 30.4 Å². The number of nitrogens with zero attached hydrogens (tertiary/aromatic N) is 1. The smallest absolute Gasteiger partial charge is 0.0361 e. The molecule has 1 rings (SSSR count). The molecule has 1 heteroatoms. The first kappa shape index (κ1) is 9.41. The van der Waals surface area contributed by atoms with Crippen LogP contribution >= 0.6 is 0 Å². The third kappa shape index (κ3) is 2.68. The monoisotopic (exact) mass is 171 g/mol. The second-order valence-electron chi connectivity index (χ2n) is 2.95. The molecule has 1 nitrogen and oxygen atoms in total. The third-order valence-corrected chi connectivity index (χ3v) is 1.75. The fourth-order valence-electron chi connectivity index (χ4n) is 1.00. The summed E-state index contributed by atoms with van der Waals surface area (Å²) >= 11 is 0. The Kier molecular flexibility index (Phi) is 3.16. The molecule has 0 bridgehead atoms. The fraction of sp³-hybridized carbons (Fsp3) is 0.167. The first-order valence-corrected chi connectivity index (χ1v) is 4.12. The molecule has 0 aliphatic heterocycles. The van der Waals surface area contributed by atoms with Crippen LogP contribution in [0.5, 0.6) is 0 Å². The average Bonchev–Trinajstić information content (AvgIpc) is 2.15. The zero-order chi connectivity index (χ0) is 9.68. The highest BCUT2D eigenvalue weighted by atomic mass is 15.1. The Bertz CT molecular complexity index is 347. The minimum Gasteiger partial charge on any atom is -0.378 e. The summed E-state index contributed by atoms with van der Waals surface area (Å²) in [7, 11) is 4.04. The zero-order valence-electron chi connectivity index (χ0n) is 8.04. The van der Waals surface area contributed by atoms with Gasteiger partial charge in [-0.3, -0.25) is 0 Å². The molecule has 0 radical (unpaired) electrons. The predicted octanol–water partition coefficient (Wildman–Crippen LogP) is 2.71. The van der Waals surface area contributed by atoms with E-state index in [0.29, 0.717) is 0 Å². The van der Waals surface area contributed by atoms with Crippen molar-refractivity contribution in [2.45, 2.75) is 0 Å². The van der Waals surface area contributed by atoms with Crippen LogP contribution in [0, 0.1) is 0 Å². The molecule has 0 saturated carbocycles. The van der Waals surface area contributed by atoms with Crippen LogP contribution in [0.3, 0.4) is 0 Å². The molecule has 13 heavy (non-hydrogen) atoms. The molecular weight excluding hydrogens is 158 g/mol. The molecular formula is C12H13N. The van der Waals surface area contributed by atoms with Crippen LogP contribution in [0.15, 0.2) is 42.3 Å². The van der Waals surface area contributed by atoms with Gasteiger partial charge in [0.25, 0.3) is 0 Å². The fourth-order valence-corrected chi connectivity index (χ4v) is 1.00. The average molecular weight is 171 g/mol. The minimum absolute atomic E-state index is 1.11. The van der Waals surface area contributed by atoms with Gasteiger partial charge in [0.2, 0.25) is 0 Å². The van der Waals surface area contributed by atoms with Gasteiger partial charge in [-0.15, -0.1) is 0 Å². The van der Waals surface area contributed by atoms with Gasteiger partial charge in [-0.1, -0.05) is 23.6 Å². The number of benzene rings is 1. The normalized spacial score (nSPS) is 8.46. The van der Waals surface area contributed by atoms with Crippen molar-refractivity contribution in [2.24, 2.45) is 0 Å². The van der Waals surface area contributed by atoms with Crippen LogP contribution < -0.4 is 4.90 Å². The maximum absolute atomic E-state index is 3.45. The largest absolute Gasteiger partial charge is 0.378 e. The number of hydrogen-bond acceptors (Lipinski definition) is 1. The number of anilines is 1. The van der Waals surface area contributed by atoms with Crippen LogP contribution in [0.25, 0.3) is 6.08 Å². The van der Waals surface area contributed by atoms with Crippen LogP contribution in [0.2, 0.25) is 0 Å². The SMILES string of the molecule is C=C=C=Cc1ccc(N(C)C)cc1. The first-order valence-electron chi connectivity index (χ1n) is 4.12. The molecule has 0 atom stereocenters. The van der Waals surface area contributed by atoms with Crippen molar-refractivity contribution < 1.29 is 0 Å². The lowest BCUT2D eigenvalue weighted by molar-refractivity contribution is 1.13. The summed E-state index contributed by atoms with van der Waals surface area (Å²) in [5.74, 6) is 0. The van der Waals surface area contributed by atoms with E-state index in [4.69, 9.17) is 0 Å². The summed E-state index contributed by atoms with van der Waals surface area (Å²) in [6, 6.07) is 8.21. The number of rotatable bonds is 2. The summed E-state index contributed by atoms with van der Waals surface area (Å²) in [5.41, 5.74) is 7.71. The van der Waals surface area contributed by atoms with Gasteiger partial charge in [-0.2, -0.15) is 0 Å². The van der Waals surface area contributed by atoms with Gasteiger partial charge in [0.1, 0.15) is 0 Å². The molecule has 0 spiro atoms. The Morgan fingerprint density at radius 1 is 1.23 bits per heavy atom. The topological polar surface area (TPSA) is 3.24 Å². The molecule has 0 saturated heterocycles. The maximum atomic E-state index is 3.45. The molecule has 0 heterocycles. The molecule has 0 amide bonds. The summed E-state index contributed by atoms with van der Waals surface area (Å²) in [6.07, 6.45) is 1.85. The standard InChI is InChI=1S/C12H13N/c1-4-5-6-11-7-9-12(10-8-11)13(2)3/h6-10H,1H2,2-3H3. The van der Waals surface area contributed by atoms with Gasteiger partial charge < -0.3 is 4.90 Å². The molecule has 66 valence electrons. The highest BCUT2D eigenvalue weighted by Gasteiger charge is 1.92. The molecule has 0 aliphatic rings. The third-order valence-electron chi connectivity index (χ3n) is 1.75. The molecule has 0 fully saturated rings. The van der Waals surface area contributed by atoms with E-state index >= 15 is 0 Å². The highest BCUT2D eigenvalue weighted by molar-refractivity contribution is 5.54. The quantitative estimate of drug-likeness (QED) is 0.618. The summed E-state index contributed by atoms with van der Waals surface area (Å²) in [4.78, 5) is 2.07. The van der Waals surface area contributed by atoms with Gasteiger partial charge in [0, 0.05) is 19.8 Å². The van der Waals surface area contributed by atoms with E-state index < -0.39 is 0 Å². The zero-order valence-corrected chi connectivity index (χ0v) is 8.04. The van der Waals surface area contributed by atoms with Crippen molar-refractivity contribution in [1.82, 2.24) is 0 Å². The van der Waals surface area contributed by atoms with Crippen molar-refractivity contribution in [3.63, 3.8) is 0 Å². The van der Waals surface area contributed by atoms with Crippen molar-refractivity contribution in [1.29, 1.82) is 0 Å². The van der Waals surface area contributed by atoms with Gasteiger partial charge in [-0.25, -0.2) is 0 Å². The van der Waals surface area contributed by atoms with Crippen molar-refractivity contribution >= 4 is 11.8 Å². The van der Waals surface area contributed by atoms with Crippen molar-refractivity contribution in [3.05, 3.63) is 47.9 Å². The summed E-state index contributed by atoms with van der Waals surface area (Å²) in [5, 5.41) is 0. The molecule has 0 aliphatic carbocycles. The highest BCUT2D eigenvalue weighted by Crippen LogP contribution is 2.12. The Balaban J connectivity index is 2.93. The van der Waals surface area contributed by atoms with Gasteiger partial charge >= 0.3 is 0 Å². The second-order valence-corrected chi connectivity index (χ2v) is 2.95. The second kappa shape index (κ2) is 4.37. The summed E-state index contributed by atoms with van der Waals surface area (Å²) < 4.78 is 0. The van der Waals surface area contributed by atoms with Crippen LogP contribution in [0.4, 0.5) is 5.69 Å². The van der Waals surface area contributed by atoms with Crippen LogP contribution in [-0.2, 0) is 0 Å². The maximum Gasteiger partial charge on any atom is 0.0361 e. The Hall–Kier alpha value is -1.68.